The van der Waals surface area contributed by atoms with Crippen LogP contribution in [0.15, 0.2) is 0 Å². The summed E-state index contributed by atoms with van der Waals surface area (Å²) >= 11 is 1.85. The molecule has 3 N–H and O–H groups in total. The number of carbonyl (C=O) groups is 1. The lowest BCUT2D eigenvalue weighted by Crippen LogP contribution is -2.46. The summed E-state index contributed by atoms with van der Waals surface area (Å²) in [6.07, 6.45) is 3.44. The topological polar surface area (TPSA) is 72.5 Å². The summed E-state index contributed by atoms with van der Waals surface area (Å²) in [5.41, 5.74) is 5.06. The van der Waals surface area contributed by atoms with Gasteiger partial charge in [-0.1, -0.05) is 13.3 Å². The van der Waals surface area contributed by atoms with Crippen molar-refractivity contribution in [2.75, 3.05) is 19.0 Å². The van der Waals surface area contributed by atoms with Crippen molar-refractivity contribution < 1.29 is 14.6 Å². The van der Waals surface area contributed by atoms with Crippen LogP contribution in [-0.2, 0) is 9.53 Å². The molecule has 0 aromatic heterocycles. The zero-order valence-corrected chi connectivity index (χ0v) is 12.6. The third-order valence-corrected chi connectivity index (χ3v) is 4.10. The molecule has 18 heavy (non-hydrogen) atoms. The average Bonchev–Trinajstić information content (AvgIpc) is 2.29. The molecule has 0 fully saturated rings. The SMILES string of the molecule is CCOC(=O)C(C)(N)CCCCSC(C)CCO. The molecule has 0 saturated heterocycles. The van der Waals surface area contributed by atoms with E-state index >= 15 is 0 Å². The number of hydrogen-bond acceptors (Lipinski definition) is 5. The van der Waals surface area contributed by atoms with Crippen LogP contribution >= 0.6 is 11.8 Å². The lowest BCUT2D eigenvalue weighted by atomic mass is 9.96. The van der Waals surface area contributed by atoms with Crippen molar-refractivity contribution >= 4 is 17.7 Å². The minimum atomic E-state index is -0.864. The van der Waals surface area contributed by atoms with E-state index in [1.165, 1.54) is 0 Å². The fourth-order valence-electron chi connectivity index (χ4n) is 1.54. The van der Waals surface area contributed by atoms with Crippen LogP contribution in [0.3, 0.4) is 0 Å². The normalized spacial score (nSPS) is 16.1. The first-order valence-electron chi connectivity index (χ1n) is 6.62. The maximum atomic E-state index is 11.5. The quantitative estimate of drug-likeness (QED) is 0.471. The van der Waals surface area contributed by atoms with Gasteiger partial charge in [-0.15, -0.1) is 0 Å². The Balaban J connectivity index is 3.67. The molecule has 0 saturated carbocycles. The average molecular weight is 277 g/mol. The molecule has 0 heterocycles. The second-order valence-electron chi connectivity index (χ2n) is 4.79. The Morgan fingerprint density at radius 1 is 1.50 bits per heavy atom. The number of hydrogen-bond donors (Lipinski definition) is 2. The van der Waals surface area contributed by atoms with E-state index in [0.717, 1.165) is 25.0 Å². The number of nitrogens with two attached hydrogens (primary N) is 1. The molecule has 0 rings (SSSR count). The molecule has 0 radical (unpaired) electrons. The molecule has 0 bridgehead atoms. The molecule has 108 valence electrons. The largest absolute Gasteiger partial charge is 0.465 e. The molecule has 0 aromatic rings. The smallest absolute Gasteiger partial charge is 0.325 e. The van der Waals surface area contributed by atoms with E-state index in [4.69, 9.17) is 15.6 Å². The Kier molecular flexibility index (Phi) is 9.50. The molecule has 0 amide bonds. The molecule has 0 aliphatic rings. The van der Waals surface area contributed by atoms with Gasteiger partial charge in [-0.05, 0) is 38.9 Å². The lowest BCUT2D eigenvalue weighted by molar-refractivity contribution is -0.149. The van der Waals surface area contributed by atoms with Gasteiger partial charge in [0.2, 0.25) is 0 Å². The number of esters is 1. The summed E-state index contributed by atoms with van der Waals surface area (Å²) in [7, 11) is 0. The van der Waals surface area contributed by atoms with Crippen LogP contribution in [0.2, 0.25) is 0 Å². The highest BCUT2D eigenvalue weighted by molar-refractivity contribution is 7.99. The van der Waals surface area contributed by atoms with Crippen LogP contribution in [0, 0.1) is 0 Å². The van der Waals surface area contributed by atoms with Crippen molar-refractivity contribution in [3.05, 3.63) is 0 Å². The van der Waals surface area contributed by atoms with Crippen molar-refractivity contribution in [2.45, 2.75) is 57.2 Å². The van der Waals surface area contributed by atoms with E-state index in [-0.39, 0.29) is 12.6 Å². The Bertz CT molecular complexity index is 234. The number of thioether (sulfide) groups is 1. The Labute approximate surface area is 115 Å². The second-order valence-corrected chi connectivity index (χ2v) is 6.34. The molecule has 0 aliphatic heterocycles. The van der Waals surface area contributed by atoms with Crippen LogP contribution in [0.5, 0.6) is 0 Å². The van der Waals surface area contributed by atoms with Crippen molar-refractivity contribution in [1.29, 1.82) is 0 Å². The van der Waals surface area contributed by atoms with Gasteiger partial charge in [0.15, 0.2) is 0 Å². The molecule has 2 atom stereocenters. The third kappa shape index (κ3) is 7.95. The molecule has 0 spiro atoms. The van der Waals surface area contributed by atoms with E-state index in [1.807, 2.05) is 11.8 Å². The Hall–Kier alpha value is -0.260. The van der Waals surface area contributed by atoms with Crippen LogP contribution in [0.25, 0.3) is 0 Å². The summed E-state index contributed by atoms with van der Waals surface area (Å²) < 4.78 is 4.94. The summed E-state index contributed by atoms with van der Waals surface area (Å²) in [4.78, 5) is 11.5. The number of unbranched alkanes of at least 4 members (excludes halogenated alkanes) is 1. The summed E-state index contributed by atoms with van der Waals surface area (Å²) in [5.74, 6) is 0.728. The van der Waals surface area contributed by atoms with E-state index in [9.17, 15) is 4.79 Å². The summed E-state index contributed by atoms with van der Waals surface area (Å²) in [5, 5.41) is 9.27. The minimum Gasteiger partial charge on any atom is -0.465 e. The lowest BCUT2D eigenvalue weighted by Gasteiger charge is -2.22. The minimum absolute atomic E-state index is 0.248. The van der Waals surface area contributed by atoms with Gasteiger partial charge in [-0.25, -0.2) is 0 Å². The van der Waals surface area contributed by atoms with Crippen LogP contribution < -0.4 is 5.73 Å². The first-order chi connectivity index (χ1) is 8.44. The van der Waals surface area contributed by atoms with Gasteiger partial charge in [0.05, 0.1) is 6.61 Å². The zero-order valence-electron chi connectivity index (χ0n) is 11.8. The van der Waals surface area contributed by atoms with Crippen molar-refractivity contribution in [3.8, 4) is 0 Å². The van der Waals surface area contributed by atoms with E-state index in [2.05, 4.69) is 6.92 Å². The number of carbonyl (C=O) groups excluding carboxylic acids is 1. The van der Waals surface area contributed by atoms with Crippen molar-refractivity contribution in [3.63, 3.8) is 0 Å². The van der Waals surface area contributed by atoms with Gasteiger partial charge in [0.1, 0.15) is 5.54 Å². The predicted octanol–water partition coefficient (Wildman–Crippen LogP) is 1.94. The Morgan fingerprint density at radius 3 is 2.72 bits per heavy atom. The second kappa shape index (κ2) is 9.64. The van der Waals surface area contributed by atoms with Crippen LogP contribution in [0.4, 0.5) is 0 Å². The summed E-state index contributed by atoms with van der Waals surface area (Å²) in [6.45, 7) is 6.25. The molecule has 5 heteroatoms. The zero-order chi connectivity index (χ0) is 14.0. The predicted molar refractivity (Wildman–Crippen MR) is 76.7 cm³/mol. The fraction of sp³-hybridized carbons (Fsp3) is 0.923. The molecule has 0 aliphatic carbocycles. The monoisotopic (exact) mass is 277 g/mol. The standard InChI is InChI=1S/C13H27NO3S/c1-4-17-12(16)13(3,14)8-5-6-10-18-11(2)7-9-15/h11,15H,4-10,14H2,1-3H3. The maximum Gasteiger partial charge on any atom is 0.325 e. The highest BCUT2D eigenvalue weighted by Gasteiger charge is 2.28. The van der Waals surface area contributed by atoms with Gasteiger partial charge in [-0.2, -0.15) is 11.8 Å². The number of rotatable bonds is 10. The number of aliphatic hydroxyl groups is 1. The van der Waals surface area contributed by atoms with Gasteiger partial charge in [0.25, 0.3) is 0 Å². The van der Waals surface area contributed by atoms with Gasteiger partial charge in [0, 0.05) is 11.9 Å². The number of aliphatic hydroxyl groups excluding tert-OH is 1. The highest BCUT2D eigenvalue weighted by atomic mass is 32.2. The van der Waals surface area contributed by atoms with Gasteiger partial charge in [-0.3, -0.25) is 4.79 Å². The van der Waals surface area contributed by atoms with Gasteiger partial charge >= 0.3 is 5.97 Å². The maximum absolute atomic E-state index is 11.5. The first kappa shape index (κ1) is 17.7. The van der Waals surface area contributed by atoms with Gasteiger partial charge < -0.3 is 15.6 Å². The molecule has 0 aromatic carbocycles. The van der Waals surface area contributed by atoms with E-state index < -0.39 is 5.54 Å². The van der Waals surface area contributed by atoms with Crippen molar-refractivity contribution in [1.82, 2.24) is 0 Å². The molecule has 4 nitrogen and oxygen atoms in total. The first-order valence-corrected chi connectivity index (χ1v) is 7.67. The van der Waals surface area contributed by atoms with E-state index in [1.54, 1.807) is 13.8 Å². The molecular formula is C13H27NO3S. The van der Waals surface area contributed by atoms with Crippen LogP contribution in [0.1, 0.15) is 46.5 Å². The molecular weight excluding hydrogens is 250 g/mol. The van der Waals surface area contributed by atoms with E-state index in [0.29, 0.717) is 18.3 Å². The third-order valence-electron chi connectivity index (χ3n) is 2.77. The van der Waals surface area contributed by atoms with Crippen molar-refractivity contribution in [2.24, 2.45) is 5.73 Å². The Morgan fingerprint density at radius 2 is 2.17 bits per heavy atom. The number of ether oxygens (including phenoxy) is 1. The fourth-order valence-corrected chi connectivity index (χ4v) is 2.59. The summed E-state index contributed by atoms with van der Waals surface area (Å²) in [6, 6.07) is 0. The molecule has 2 unspecified atom stereocenters. The van der Waals surface area contributed by atoms with Crippen LogP contribution in [-0.4, -0.2) is 40.8 Å². The highest BCUT2D eigenvalue weighted by Crippen LogP contribution is 2.18.